The minimum Gasteiger partial charge on any atom is -0.497 e. The van der Waals surface area contributed by atoms with E-state index in [-0.39, 0.29) is 23.3 Å². The smallest absolute Gasteiger partial charge is 0.269 e. The van der Waals surface area contributed by atoms with Crippen LogP contribution in [0.25, 0.3) is 0 Å². The van der Waals surface area contributed by atoms with Crippen molar-refractivity contribution in [3.8, 4) is 17.4 Å². The molecule has 0 saturated heterocycles. The van der Waals surface area contributed by atoms with Gasteiger partial charge in [0.25, 0.3) is 5.91 Å². The van der Waals surface area contributed by atoms with Crippen LogP contribution in [0.3, 0.4) is 0 Å². The Balaban J connectivity index is 1.68. The van der Waals surface area contributed by atoms with Crippen LogP contribution in [0.2, 0.25) is 0 Å². The highest BCUT2D eigenvalue weighted by molar-refractivity contribution is 5.95. The second kappa shape index (κ2) is 8.05. The normalized spacial score (nSPS) is 10.1. The molecule has 0 bridgehead atoms. The fourth-order valence-corrected chi connectivity index (χ4v) is 2.21. The third kappa shape index (κ3) is 4.43. The average molecular weight is 365 g/mol. The van der Waals surface area contributed by atoms with Crippen molar-refractivity contribution in [1.82, 2.24) is 15.4 Å². The van der Waals surface area contributed by atoms with Gasteiger partial charge < -0.3 is 15.2 Å². The Morgan fingerprint density at radius 1 is 1.00 bits per heavy atom. The molecule has 1 aromatic heterocycles. The first-order valence-electron chi connectivity index (χ1n) is 8.12. The van der Waals surface area contributed by atoms with Crippen molar-refractivity contribution in [2.45, 2.75) is 6.92 Å². The fourth-order valence-electron chi connectivity index (χ4n) is 2.21. The molecule has 0 aliphatic carbocycles. The van der Waals surface area contributed by atoms with Gasteiger partial charge in [-0.1, -0.05) is 17.7 Å². The van der Waals surface area contributed by atoms with Crippen molar-refractivity contribution in [2.75, 3.05) is 18.3 Å². The zero-order valence-electron chi connectivity index (χ0n) is 14.9. The zero-order chi connectivity index (χ0) is 19.2. The number of anilines is 2. The standard InChI is InChI=1S/C19H19N5O3/c1-12-3-5-13(6-4-12)18(25)24-23-17-16(20)19(22-11-21-17)27-15-9-7-14(26-2)8-10-15/h3-11H,20H2,1-2H3,(H,24,25)(H,21,22,23). The van der Waals surface area contributed by atoms with Gasteiger partial charge in [-0.25, -0.2) is 4.98 Å². The molecule has 0 spiro atoms. The summed E-state index contributed by atoms with van der Waals surface area (Å²) >= 11 is 0. The van der Waals surface area contributed by atoms with Crippen LogP contribution in [-0.4, -0.2) is 23.0 Å². The first-order valence-corrected chi connectivity index (χ1v) is 8.12. The number of nitrogens with one attached hydrogen (secondary N) is 2. The lowest BCUT2D eigenvalue weighted by Gasteiger charge is -2.12. The van der Waals surface area contributed by atoms with E-state index in [0.717, 1.165) is 5.56 Å². The Morgan fingerprint density at radius 2 is 1.67 bits per heavy atom. The van der Waals surface area contributed by atoms with Crippen LogP contribution < -0.4 is 26.1 Å². The average Bonchev–Trinajstić information content (AvgIpc) is 2.69. The first-order chi connectivity index (χ1) is 13.1. The maximum absolute atomic E-state index is 12.2. The molecule has 0 atom stereocenters. The number of ether oxygens (including phenoxy) is 2. The molecule has 27 heavy (non-hydrogen) atoms. The van der Waals surface area contributed by atoms with Crippen molar-refractivity contribution in [3.05, 3.63) is 66.0 Å². The molecule has 8 heteroatoms. The van der Waals surface area contributed by atoms with Gasteiger partial charge in [-0.3, -0.25) is 15.6 Å². The predicted octanol–water partition coefficient (Wildman–Crippen LogP) is 2.93. The third-order valence-corrected chi connectivity index (χ3v) is 3.73. The van der Waals surface area contributed by atoms with Crippen LogP contribution in [0.1, 0.15) is 15.9 Å². The molecule has 0 aliphatic rings. The molecule has 1 amide bonds. The number of aromatic nitrogens is 2. The lowest BCUT2D eigenvalue weighted by molar-refractivity contribution is 0.0962. The number of amides is 1. The topological polar surface area (TPSA) is 111 Å². The van der Waals surface area contributed by atoms with E-state index in [1.165, 1.54) is 6.33 Å². The SMILES string of the molecule is COc1ccc(Oc2ncnc(NNC(=O)c3ccc(C)cc3)c2N)cc1. The van der Waals surface area contributed by atoms with Crippen molar-refractivity contribution in [1.29, 1.82) is 0 Å². The van der Waals surface area contributed by atoms with E-state index in [4.69, 9.17) is 15.2 Å². The van der Waals surface area contributed by atoms with Crippen molar-refractivity contribution >= 4 is 17.4 Å². The van der Waals surface area contributed by atoms with E-state index in [1.54, 1.807) is 43.5 Å². The highest BCUT2D eigenvalue weighted by atomic mass is 16.5. The maximum Gasteiger partial charge on any atom is 0.269 e. The second-order valence-electron chi connectivity index (χ2n) is 5.66. The summed E-state index contributed by atoms with van der Waals surface area (Å²) in [4.78, 5) is 20.2. The molecule has 3 aromatic rings. The monoisotopic (exact) mass is 365 g/mol. The Kier molecular flexibility index (Phi) is 5.36. The van der Waals surface area contributed by atoms with Gasteiger partial charge in [0.15, 0.2) is 5.82 Å². The number of benzene rings is 2. The van der Waals surface area contributed by atoms with Gasteiger partial charge in [0.05, 0.1) is 7.11 Å². The Hall–Kier alpha value is -3.81. The predicted molar refractivity (Wildman–Crippen MR) is 102 cm³/mol. The van der Waals surface area contributed by atoms with E-state index in [1.807, 2.05) is 19.1 Å². The number of nitrogens with zero attached hydrogens (tertiary/aromatic N) is 2. The van der Waals surface area contributed by atoms with Gasteiger partial charge >= 0.3 is 0 Å². The minimum absolute atomic E-state index is 0.164. The molecule has 0 radical (unpaired) electrons. The molecule has 138 valence electrons. The molecule has 0 fully saturated rings. The molecule has 8 nitrogen and oxygen atoms in total. The quantitative estimate of drug-likeness (QED) is 0.576. The summed E-state index contributed by atoms with van der Waals surface area (Å²) in [7, 11) is 1.58. The van der Waals surface area contributed by atoms with Crippen molar-refractivity contribution in [2.24, 2.45) is 0 Å². The van der Waals surface area contributed by atoms with E-state index >= 15 is 0 Å². The van der Waals surface area contributed by atoms with Gasteiger partial charge in [-0.15, -0.1) is 0 Å². The highest BCUT2D eigenvalue weighted by Crippen LogP contribution is 2.29. The van der Waals surface area contributed by atoms with E-state index in [0.29, 0.717) is 17.1 Å². The van der Waals surface area contributed by atoms with E-state index in [2.05, 4.69) is 20.8 Å². The zero-order valence-corrected chi connectivity index (χ0v) is 14.9. The van der Waals surface area contributed by atoms with Gasteiger partial charge in [0, 0.05) is 5.56 Å². The number of carbonyl (C=O) groups excluding carboxylic acids is 1. The van der Waals surface area contributed by atoms with Crippen LogP contribution in [0.5, 0.6) is 17.4 Å². The summed E-state index contributed by atoms with van der Waals surface area (Å²) in [6.45, 7) is 1.95. The molecular formula is C19H19N5O3. The number of aryl methyl sites for hydroxylation is 1. The summed E-state index contributed by atoms with van der Waals surface area (Å²) < 4.78 is 10.8. The highest BCUT2D eigenvalue weighted by Gasteiger charge is 2.12. The molecule has 2 aromatic carbocycles. The van der Waals surface area contributed by atoms with Gasteiger partial charge in [-0.2, -0.15) is 4.98 Å². The number of nitrogens with two attached hydrogens (primary N) is 1. The fraction of sp³-hybridized carbons (Fsp3) is 0.105. The minimum atomic E-state index is -0.314. The molecule has 0 saturated carbocycles. The number of rotatable bonds is 6. The summed E-state index contributed by atoms with van der Waals surface area (Å²) in [5.41, 5.74) is 13.0. The second-order valence-corrected chi connectivity index (χ2v) is 5.66. The lowest BCUT2D eigenvalue weighted by atomic mass is 10.1. The summed E-state index contributed by atoms with van der Waals surface area (Å²) in [6.07, 6.45) is 1.29. The molecule has 0 unspecified atom stereocenters. The Morgan fingerprint density at radius 3 is 2.33 bits per heavy atom. The summed E-state index contributed by atoms with van der Waals surface area (Å²) in [6, 6.07) is 14.1. The molecule has 0 aliphatic heterocycles. The van der Waals surface area contributed by atoms with E-state index in [9.17, 15) is 4.79 Å². The first kappa shape index (κ1) is 18.0. The van der Waals surface area contributed by atoms with Crippen LogP contribution in [-0.2, 0) is 0 Å². The number of hydrogen-bond donors (Lipinski definition) is 3. The van der Waals surface area contributed by atoms with E-state index < -0.39 is 0 Å². The number of methoxy groups -OCH3 is 1. The van der Waals surface area contributed by atoms with Crippen LogP contribution in [0, 0.1) is 6.92 Å². The van der Waals surface area contributed by atoms with Crippen molar-refractivity contribution in [3.63, 3.8) is 0 Å². The van der Waals surface area contributed by atoms with Gasteiger partial charge in [0.1, 0.15) is 23.5 Å². The van der Waals surface area contributed by atoms with Crippen LogP contribution in [0.15, 0.2) is 54.9 Å². The number of hydrogen-bond acceptors (Lipinski definition) is 7. The molecule has 1 heterocycles. The largest absolute Gasteiger partial charge is 0.497 e. The number of carbonyl (C=O) groups is 1. The molecule has 3 rings (SSSR count). The summed E-state index contributed by atoms with van der Waals surface area (Å²) in [5.74, 6) is 1.33. The molecule has 4 N–H and O–H groups in total. The van der Waals surface area contributed by atoms with Gasteiger partial charge in [0.2, 0.25) is 5.88 Å². The van der Waals surface area contributed by atoms with Crippen molar-refractivity contribution < 1.29 is 14.3 Å². The Bertz CT molecular complexity index is 927. The third-order valence-electron chi connectivity index (χ3n) is 3.73. The van der Waals surface area contributed by atoms with Gasteiger partial charge in [-0.05, 0) is 43.3 Å². The maximum atomic E-state index is 12.2. The number of nitrogen functional groups attached to an aromatic ring is 1. The molecular weight excluding hydrogens is 346 g/mol. The number of hydrazine groups is 1. The van der Waals surface area contributed by atoms with Crippen LogP contribution >= 0.6 is 0 Å². The summed E-state index contributed by atoms with van der Waals surface area (Å²) in [5, 5.41) is 0. The van der Waals surface area contributed by atoms with Crippen LogP contribution in [0.4, 0.5) is 11.5 Å². The lowest BCUT2D eigenvalue weighted by Crippen LogP contribution is -2.30. The Labute approximate surface area is 156 Å².